The number of rotatable bonds is 6. The molecule has 4 nitrogen and oxygen atoms in total. The Kier molecular flexibility index (Phi) is 5.88. The van der Waals surface area contributed by atoms with Gasteiger partial charge in [0.1, 0.15) is 5.75 Å². The van der Waals surface area contributed by atoms with Crippen LogP contribution in [0.15, 0.2) is 18.2 Å². The largest absolute Gasteiger partial charge is 0.494 e. The molecule has 0 aromatic heterocycles. The van der Waals surface area contributed by atoms with Crippen molar-refractivity contribution in [3.8, 4) is 5.75 Å². The number of carbonyl (C=O) groups is 1. The van der Waals surface area contributed by atoms with Crippen molar-refractivity contribution in [1.29, 1.82) is 0 Å². The van der Waals surface area contributed by atoms with E-state index in [0.717, 1.165) is 42.3 Å². The van der Waals surface area contributed by atoms with Gasteiger partial charge >= 0.3 is 0 Å². The molecule has 1 aliphatic rings. The van der Waals surface area contributed by atoms with Crippen LogP contribution in [0.3, 0.4) is 0 Å². The normalized spacial score (nSPS) is 17.8. The molecule has 0 radical (unpaired) electrons. The molecule has 1 heterocycles. The van der Waals surface area contributed by atoms with Crippen molar-refractivity contribution in [2.75, 3.05) is 26.7 Å². The SMILES string of the molecule is Cc1cc(OCCCC(=O)N(C)C2CCNC2)ccc1Cl. The first kappa shape index (κ1) is 16.1. The summed E-state index contributed by atoms with van der Waals surface area (Å²) in [5.41, 5.74) is 0.999. The molecule has 0 aliphatic carbocycles. The van der Waals surface area contributed by atoms with Crippen LogP contribution >= 0.6 is 11.6 Å². The lowest BCUT2D eigenvalue weighted by molar-refractivity contribution is -0.131. The van der Waals surface area contributed by atoms with E-state index in [1.54, 1.807) is 0 Å². The molecule has 0 bridgehead atoms. The van der Waals surface area contributed by atoms with Crippen LogP contribution in [0.25, 0.3) is 0 Å². The third-order valence-corrected chi connectivity index (χ3v) is 4.33. The van der Waals surface area contributed by atoms with Crippen molar-refractivity contribution in [3.63, 3.8) is 0 Å². The van der Waals surface area contributed by atoms with E-state index in [9.17, 15) is 4.79 Å². The minimum atomic E-state index is 0.194. The van der Waals surface area contributed by atoms with E-state index >= 15 is 0 Å². The molecule has 1 unspecified atom stereocenters. The lowest BCUT2D eigenvalue weighted by atomic mass is 10.2. The molecule has 116 valence electrons. The predicted molar refractivity (Wildman–Crippen MR) is 85.0 cm³/mol. The van der Waals surface area contributed by atoms with Crippen LogP contribution in [0.4, 0.5) is 0 Å². The van der Waals surface area contributed by atoms with E-state index in [1.807, 2.05) is 37.1 Å². The van der Waals surface area contributed by atoms with Crippen molar-refractivity contribution in [2.45, 2.75) is 32.2 Å². The molecule has 1 atom stereocenters. The number of carbonyl (C=O) groups excluding carboxylic acids is 1. The fourth-order valence-corrected chi connectivity index (χ4v) is 2.59. The van der Waals surface area contributed by atoms with Gasteiger partial charge in [-0.3, -0.25) is 4.79 Å². The summed E-state index contributed by atoms with van der Waals surface area (Å²) in [4.78, 5) is 13.9. The summed E-state index contributed by atoms with van der Waals surface area (Å²) in [5.74, 6) is 0.997. The van der Waals surface area contributed by atoms with E-state index in [0.29, 0.717) is 19.1 Å². The van der Waals surface area contributed by atoms with Crippen LogP contribution in [0.2, 0.25) is 5.02 Å². The number of halogens is 1. The summed E-state index contributed by atoms with van der Waals surface area (Å²) in [6.07, 6.45) is 2.30. The van der Waals surface area contributed by atoms with Gasteiger partial charge in [0, 0.05) is 31.1 Å². The van der Waals surface area contributed by atoms with Gasteiger partial charge in [-0.05, 0) is 50.1 Å². The minimum absolute atomic E-state index is 0.194. The van der Waals surface area contributed by atoms with E-state index in [1.165, 1.54) is 0 Å². The Balaban J connectivity index is 1.69. The van der Waals surface area contributed by atoms with E-state index in [4.69, 9.17) is 16.3 Å². The summed E-state index contributed by atoms with van der Waals surface area (Å²) in [5, 5.41) is 4.02. The second kappa shape index (κ2) is 7.66. The maximum absolute atomic E-state index is 12.1. The highest BCUT2D eigenvalue weighted by atomic mass is 35.5. The van der Waals surface area contributed by atoms with Crippen LogP contribution in [0, 0.1) is 6.92 Å². The lowest BCUT2D eigenvalue weighted by Gasteiger charge is -2.23. The Hall–Kier alpha value is -1.26. The number of benzene rings is 1. The molecular formula is C16H23ClN2O2. The quantitative estimate of drug-likeness (QED) is 0.821. The minimum Gasteiger partial charge on any atom is -0.494 e. The van der Waals surface area contributed by atoms with Gasteiger partial charge in [0.2, 0.25) is 5.91 Å². The Morgan fingerprint density at radius 2 is 2.33 bits per heavy atom. The molecule has 21 heavy (non-hydrogen) atoms. The standard InChI is InChI=1S/C16H23ClN2O2/c1-12-10-14(5-6-15(12)17)21-9-3-4-16(20)19(2)13-7-8-18-11-13/h5-6,10,13,18H,3-4,7-9,11H2,1-2H3. The second-order valence-corrected chi connectivity index (χ2v) is 5.92. The van der Waals surface area contributed by atoms with E-state index < -0.39 is 0 Å². The van der Waals surface area contributed by atoms with Gasteiger partial charge < -0.3 is 15.0 Å². The van der Waals surface area contributed by atoms with Crippen molar-refractivity contribution < 1.29 is 9.53 Å². The van der Waals surface area contributed by atoms with Crippen LogP contribution in [-0.2, 0) is 4.79 Å². The van der Waals surface area contributed by atoms with E-state index in [-0.39, 0.29) is 5.91 Å². The first-order chi connectivity index (χ1) is 10.1. The number of amides is 1. The number of aryl methyl sites for hydroxylation is 1. The van der Waals surface area contributed by atoms with Crippen molar-refractivity contribution in [3.05, 3.63) is 28.8 Å². The third-order valence-electron chi connectivity index (χ3n) is 3.91. The van der Waals surface area contributed by atoms with Gasteiger partial charge in [-0.2, -0.15) is 0 Å². The smallest absolute Gasteiger partial charge is 0.222 e. The van der Waals surface area contributed by atoms with Crippen LogP contribution in [-0.4, -0.2) is 43.6 Å². The highest BCUT2D eigenvalue weighted by Crippen LogP contribution is 2.21. The van der Waals surface area contributed by atoms with Crippen molar-refractivity contribution in [2.24, 2.45) is 0 Å². The Morgan fingerprint density at radius 3 is 3.00 bits per heavy atom. The molecule has 1 aromatic carbocycles. The van der Waals surface area contributed by atoms with Crippen LogP contribution in [0.5, 0.6) is 5.75 Å². The van der Waals surface area contributed by atoms with Gasteiger partial charge in [0.25, 0.3) is 0 Å². The lowest BCUT2D eigenvalue weighted by Crippen LogP contribution is -2.38. The summed E-state index contributed by atoms with van der Waals surface area (Å²) >= 11 is 5.97. The van der Waals surface area contributed by atoms with Gasteiger partial charge in [-0.25, -0.2) is 0 Å². The number of nitrogens with one attached hydrogen (secondary N) is 1. The first-order valence-electron chi connectivity index (χ1n) is 7.43. The van der Waals surface area contributed by atoms with Crippen molar-refractivity contribution in [1.82, 2.24) is 10.2 Å². The number of ether oxygens (including phenoxy) is 1. The average molecular weight is 311 g/mol. The summed E-state index contributed by atoms with van der Waals surface area (Å²) in [6, 6.07) is 5.95. The van der Waals surface area contributed by atoms with Crippen molar-refractivity contribution >= 4 is 17.5 Å². The second-order valence-electron chi connectivity index (χ2n) is 5.51. The number of hydrogen-bond donors (Lipinski definition) is 1. The molecule has 2 rings (SSSR count). The maximum Gasteiger partial charge on any atom is 0.222 e. The molecule has 1 fully saturated rings. The zero-order valence-electron chi connectivity index (χ0n) is 12.7. The monoisotopic (exact) mass is 310 g/mol. The molecule has 0 saturated carbocycles. The zero-order chi connectivity index (χ0) is 15.2. The van der Waals surface area contributed by atoms with Gasteiger partial charge in [-0.15, -0.1) is 0 Å². The molecule has 5 heteroatoms. The summed E-state index contributed by atoms with van der Waals surface area (Å²) in [6.45, 7) is 4.40. The summed E-state index contributed by atoms with van der Waals surface area (Å²) < 4.78 is 5.66. The summed E-state index contributed by atoms with van der Waals surface area (Å²) in [7, 11) is 1.89. The average Bonchev–Trinajstić information content (AvgIpc) is 3.00. The molecule has 1 amide bonds. The van der Waals surface area contributed by atoms with Crippen LogP contribution in [0.1, 0.15) is 24.8 Å². The number of nitrogens with zero attached hydrogens (tertiary/aromatic N) is 1. The molecule has 0 spiro atoms. The fraction of sp³-hybridized carbons (Fsp3) is 0.562. The molecule has 1 aliphatic heterocycles. The third kappa shape index (κ3) is 4.61. The van der Waals surface area contributed by atoms with Gasteiger partial charge in [0.15, 0.2) is 0 Å². The zero-order valence-corrected chi connectivity index (χ0v) is 13.4. The van der Waals surface area contributed by atoms with Gasteiger partial charge in [-0.1, -0.05) is 11.6 Å². The predicted octanol–water partition coefficient (Wildman–Crippen LogP) is 2.63. The molecule has 1 aromatic rings. The number of hydrogen-bond acceptors (Lipinski definition) is 3. The molecule has 1 saturated heterocycles. The molecule has 1 N–H and O–H groups in total. The Bertz CT molecular complexity index is 487. The van der Waals surface area contributed by atoms with Crippen LogP contribution < -0.4 is 10.1 Å². The van der Waals surface area contributed by atoms with E-state index in [2.05, 4.69) is 5.32 Å². The maximum atomic E-state index is 12.1. The Labute approximate surface area is 131 Å². The Morgan fingerprint density at radius 1 is 1.52 bits per heavy atom. The molecular weight excluding hydrogens is 288 g/mol. The first-order valence-corrected chi connectivity index (χ1v) is 7.81. The fourth-order valence-electron chi connectivity index (χ4n) is 2.47. The highest BCUT2D eigenvalue weighted by molar-refractivity contribution is 6.31. The number of likely N-dealkylation sites (N-methyl/N-ethyl adjacent to an activating group) is 1. The van der Waals surface area contributed by atoms with Gasteiger partial charge in [0.05, 0.1) is 6.61 Å². The topological polar surface area (TPSA) is 41.6 Å². The highest BCUT2D eigenvalue weighted by Gasteiger charge is 2.22.